The summed E-state index contributed by atoms with van der Waals surface area (Å²) in [5, 5.41) is 0. The van der Waals surface area contributed by atoms with Crippen LogP contribution in [0.15, 0.2) is 121 Å². The van der Waals surface area contributed by atoms with Crippen molar-refractivity contribution in [3.8, 4) is 28.7 Å². The molecule has 0 aliphatic heterocycles. The van der Waals surface area contributed by atoms with Gasteiger partial charge >= 0.3 is 23.9 Å². The molecule has 4 rings (SSSR count). The molecule has 0 saturated heterocycles. The normalized spacial score (nSPS) is 10.5. The molecule has 0 N–H and O–H groups in total. The van der Waals surface area contributed by atoms with E-state index in [4.69, 9.17) is 33.2 Å². The van der Waals surface area contributed by atoms with Crippen LogP contribution in [0.2, 0.25) is 0 Å². The van der Waals surface area contributed by atoms with Gasteiger partial charge in [0.1, 0.15) is 34.4 Å². The maximum Gasteiger partial charge on any atom is 0.343 e. The van der Waals surface area contributed by atoms with E-state index in [9.17, 15) is 19.2 Å². The Labute approximate surface area is 313 Å². The Bertz CT molecular complexity index is 1900. The van der Waals surface area contributed by atoms with Crippen molar-refractivity contribution < 1.29 is 52.3 Å². The Morgan fingerprint density at radius 1 is 0.574 bits per heavy atom. The second kappa shape index (κ2) is 21.6. The Morgan fingerprint density at radius 2 is 1.02 bits per heavy atom. The summed E-state index contributed by atoms with van der Waals surface area (Å²) in [5.41, 5.74) is 1.96. The van der Waals surface area contributed by atoms with Crippen LogP contribution in [-0.4, -0.2) is 63.6 Å². The number of aliphatic imine (C=N–C) groups is 1. The highest BCUT2D eigenvalue weighted by molar-refractivity contribution is 5.92. The molecule has 0 unspecified atom stereocenters. The largest absolute Gasteiger partial charge is 0.494 e. The summed E-state index contributed by atoms with van der Waals surface area (Å²) in [6.45, 7) is 8.17. The second-order valence-electron chi connectivity index (χ2n) is 11.3. The number of carbonyl (C=O) groups is 4. The Kier molecular flexibility index (Phi) is 16.1. The molecule has 0 aromatic heterocycles. The summed E-state index contributed by atoms with van der Waals surface area (Å²) in [6.07, 6.45) is 6.58. The lowest BCUT2D eigenvalue weighted by Gasteiger charge is -2.10. The molecule has 12 nitrogen and oxygen atoms in total. The first-order chi connectivity index (χ1) is 26.3. The SMILES string of the molecule is C=CC(=O)OCCCCOc1ccc(C(=O)Oc2ccc(/C=N/c3ccc(OC(=O)c4ccc(OCCCCOC(=O)C=C)cc4)cc3OC)cc2)cc1. The predicted molar refractivity (Wildman–Crippen MR) is 201 cm³/mol. The summed E-state index contributed by atoms with van der Waals surface area (Å²) in [4.78, 5) is 52.1. The van der Waals surface area contributed by atoms with Crippen LogP contribution in [0.4, 0.5) is 5.69 Å². The molecule has 0 aliphatic carbocycles. The van der Waals surface area contributed by atoms with E-state index in [0.29, 0.717) is 91.9 Å². The third-order valence-electron chi connectivity index (χ3n) is 7.42. The van der Waals surface area contributed by atoms with Gasteiger partial charge in [-0.25, -0.2) is 19.2 Å². The van der Waals surface area contributed by atoms with Crippen LogP contribution in [0, 0.1) is 0 Å². The molecular formula is C42H41NO11. The lowest BCUT2D eigenvalue weighted by molar-refractivity contribution is -0.138. The monoisotopic (exact) mass is 735 g/mol. The van der Waals surface area contributed by atoms with E-state index < -0.39 is 23.9 Å². The highest BCUT2D eigenvalue weighted by atomic mass is 16.5. The van der Waals surface area contributed by atoms with Gasteiger partial charge in [0.2, 0.25) is 0 Å². The molecule has 0 saturated carbocycles. The predicted octanol–water partition coefficient (Wildman–Crippen LogP) is 7.66. The molecule has 0 radical (unpaired) electrons. The number of carbonyl (C=O) groups excluding carboxylic acids is 4. The number of hydrogen-bond acceptors (Lipinski definition) is 12. The van der Waals surface area contributed by atoms with Crippen LogP contribution in [0.25, 0.3) is 0 Å². The van der Waals surface area contributed by atoms with Gasteiger partial charge in [-0.2, -0.15) is 0 Å². The van der Waals surface area contributed by atoms with Gasteiger partial charge in [0, 0.05) is 24.4 Å². The van der Waals surface area contributed by atoms with Crippen LogP contribution in [0.3, 0.4) is 0 Å². The number of hydrogen-bond donors (Lipinski definition) is 0. The van der Waals surface area contributed by atoms with E-state index in [-0.39, 0.29) is 5.75 Å². The van der Waals surface area contributed by atoms with E-state index in [2.05, 4.69) is 18.2 Å². The molecule has 54 heavy (non-hydrogen) atoms. The lowest BCUT2D eigenvalue weighted by atomic mass is 10.2. The highest BCUT2D eigenvalue weighted by Gasteiger charge is 2.12. The number of ether oxygens (including phenoxy) is 7. The minimum atomic E-state index is -0.551. The number of rotatable bonds is 21. The third-order valence-corrected chi connectivity index (χ3v) is 7.42. The smallest absolute Gasteiger partial charge is 0.343 e. The van der Waals surface area contributed by atoms with Crippen molar-refractivity contribution >= 4 is 35.8 Å². The fraction of sp³-hybridized carbons (Fsp3) is 0.214. The van der Waals surface area contributed by atoms with Crippen LogP contribution in [0.1, 0.15) is 52.0 Å². The van der Waals surface area contributed by atoms with Gasteiger partial charge in [0.25, 0.3) is 0 Å². The number of methoxy groups -OCH3 is 1. The second-order valence-corrected chi connectivity index (χ2v) is 11.3. The highest BCUT2D eigenvalue weighted by Crippen LogP contribution is 2.32. The van der Waals surface area contributed by atoms with Crippen LogP contribution in [-0.2, 0) is 19.1 Å². The first kappa shape index (κ1) is 40.1. The lowest BCUT2D eigenvalue weighted by Crippen LogP contribution is -2.08. The quantitative estimate of drug-likeness (QED) is 0.0273. The van der Waals surface area contributed by atoms with Gasteiger partial charge < -0.3 is 33.2 Å². The third kappa shape index (κ3) is 13.5. The minimum absolute atomic E-state index is 0.280. The molecule has 0 spiro atoms. The van der Waals surface area contributed by atoms with Crippen molar-refractivity contribution in [1.82, 2.24) is 0 Å². The molecule has 4 aromatic carbocycles. The molecule has 12 heteroatoms. The summed E-state index contributed by atoms with van der Waals surface area (Å²) in [7, 11) is 1.49. The van der Waals surface area contributed by atoms with Crippen molar-refractivity contribution in [2.24, 2.45) is 4.99 Å². The standard InChI is InChI=1S/C42H41NO11/c1-4-39(44)51-26-8-6-24-49-33-18-12-31(13-19-33)41(46)53-35-16-10-30(11-17-35)29-43-37-23-22-36(28-38(37)48-3)54-42(47)32-14-20-34(21-15-32)50-25-7-9-27-52-40(45)5-2/h4-5,10-23,28-29H,1-2,6-9,24-27H2,3H3/b43-29+. The fourth-order valence-corrected chi connectivity index (χ4v) is 4.55. The van der Waals surface area contributed by atoms with Gasteiger partial charge in [-0.15, -0.1) is 0 Å². The zero-order chi connectivity index (χ0) is 38.5. The van der Waals surface area contributed by atoms with E-state index in [0.717, 1.165) is 17.7 Å². The zero-order valence-corrected chi connectivity index (χ0v) is 29.9. The number of unbranched alkanes of at least 4 members (excludes halogenated alkanes) is 2. The van der Waals surface area contributed by atoms with Gasteiger partial charge in [-0.05, 0) is 116 Å². The van der Waals surface area contributed by atoms with Crippen molar-refractivity contribution in [2.45, 2.75) is 25.7 Å². The Hall–Kier alpha value is -6.69. The first-order valence-corrected chi connectivity index (χ1v) is 17.1. The number of nitrogens with zero attached hydrogens (tertiary/aromatic N) is 1. The first-order valence-electron chi connectivity index (χ1n) is 17.1. The summed E-state index contributed by atoms with van der Waals surface area (Å²) in [5.74, 6) is 0.274. The molecule has 0 heterocycles. The van der Waals surface area contributed by atoms with Crippen molar-refractivity contribution in [3.05, 3.63) is 133 Å². The Balaban J connectivity index is 1.21. The molecule has 0 amide bonds. The molecule has 0 aliphatic rings. The van der Waals surface area contributed by atoms with Crippen LogP contribution >= 0.6 is 0 Å². The van der Waals surface area contributed by atoms with Gasteiger partial charge in [0.15, 0.2) is 0 Å². The minimum Gasteiger partial charge on any atom is -0.494 e. The van der Waals surface area contributed by atoms with E-state index in [1.807, 2.05) is 0 Å². The van der Waals surface area contributed by atoms with Gasteiger partial charge in [0.05, 0.1) is 44.7 Å². The van der Waals surface area contributed by atoms with E-state index in [1.54, 1.807) is 97.2 Å². The van der Waals surface area contributed by atoms with Gasteiger partial charge in [-0.3, -0.25) is 4.99 Å². The summed E-state index contributed by atoms with van der Waals surface area (Å²) < 4.78 is 37.7. The average Bonchev–Trinajstić information content (AvgIpc) is 3.20. The number of benzene rings is 4. The zero-order valence-electron chi connectivity index (χ0n) is 29.9. The molecule has 4 aromatic rings. The molecule has 280 valence electrons. The summed E-state index contributed by atoms with van der Waals surface area (Å²) in [6, 6.07) is 24.9. The van der Waals surface area contributed by atoms with Crippen molar-refractivity contribution in [1.29, 1.82) is 0 Å². The summed E-state index contributed by atoms with van der Waals surface area (Å²) >= 11 is 0. The van der Waals surface area contributed by atoms with Crippen LogP contribution < -0.4 is 23.7 Å². The molecular weight excluding hydrogens is 694 g/mol. The van der Waals surface area contributed by atoms with Gasteiger partial charge in [-0.1, -0.05) is 13.2 Å². The maximum absolute atomic E-state index is 12.8. The van der Waals surface area contributed by atoms with E-state index >= 15 is 0 Å². The van der Waals surface area contributed by atoms with E-state index in [1.165, 1.54) is 7.11 Å². The molecule has 0 bridgehead atoms. The van der Waals surface area contributed by atoms with Crippen LogP contribution in [0.5, 0.6) is 28.7 Å². The van der Waals surface area contributed by atoms with Crippen molar-refractivity contribution in [2.75, 3.05) is 33.5 Å². The van der Waals surface area contributed by atoms with Crippen molar-refractivity contribution in [3.63, 3.8) is 0 Å². The fourth-order valence-electron chi connectivity index (χ4n) is 4.55. The molecule has 0 atom stereocenters. The Morgan fingerprint density at radius 3 is 1.50 bits per heavy atom. The molecule has 0 fully saturated rings. The number of esters is 4. The average molecular weight is 736 g/mol. The maximum atomic E-state index is 12.8. The topological polar surface area (TPSA) is 145 Å².